The van der Waals surface area contributed by atoms with Crippen LogP contribution in [0, 0.1) is 0 Å². The predicted octanol–water partition coefficient (Wildman–Crippen LogP) is 1.46. The van der Waals surface area contributed by atoms with Gasteiger partial charge < -0.3 is 15.0 Å². The van der Waals surface area contributed by atoms with Crippen molar-refractivity contribution in [3.8, 4) is 0 Å². The summed E-state index contributed by atoms with van der Waals surface area (Å²) in [5.41, 5.74) is 3.08. The van der Waals surface area contributed by atoms with Gasteiger partial charge in [0.2, 0.25) is 0 Å². The molecule has 1 fully saturated rings. The van der Waals surface area contributed by atoms with Crippen molar-refractivity contribution in [2.75, 3.05) is 33.3 Å². The quantitative estimate of drug-likeness (QED) is 0.890. The topological polar surface area (TPSA) is 24.5 Å². The summed E-state index contributed by atoms with van der Waals surface area (Å²) in [6, 6.07) is 9.55. The summed E-state index contributed by atoms with van der Waals surface area (Å²) in [5.74, 6) is 0. The molecule has 1 aromatic carbocycles. The van der Waals surface area contributed by atoms with E-state index in [-0.39, 0.29) is 0 Å². The van der Waals surface area contributed by atoms with Crippen LogP contribution >= 0.6 is 0 Å². The predicted molar refractivity (Wildman–Crippen MR) is 77.5 cm³/mol. The summed E-state index contributed by atoms with van der Waals surface area (Å²) in [6.07, 6.45) is 4.03. The number of likely N-dealkylation sites (N-methyl/N-ethyl adjacent to an activating group) is 1. The van der Waals surface area contributed by atoms with Gasteiger partial charge >= 0.3 is 0 Å². The monoisotopic (exact) mass is 260 g/mol. The van der Waals surface area contributed by atoms with E-state index in [1.54, 1.807) is 5.56 Å². The SMILES string of the molecule is CN(CC1CNCCO1)C1CCc2ccccc2C1. The Labute approximate surface area is 115 Å². The van der Waals surface area contributed by atoms with E-state index in [9.17, 15) is 0 Å². The van der Waals surface area contributed by atoms with Crippen molar-refractivity contribution in [1.82, 2.24) is 10.2 Å². The summed E-state index contributed by atoms with van der Waals surface area (Å²) in [7, 11) is 2.25. The molecular weight excluding hydrogens is 236 g/mol. The van der Waals surface area contributed by atoms with Crippen LogP contribution in [0.15, 0.2) is 24.3 Å². The van der Waals surface area contributed by atoms with Crippen molar-refractivity contribution in [3.05, 3.63) is 35.4 Å². The fraction of sp³-hybridized carbons (Fsp3) is 0.625. The Morgan fingerprint density at radius 1 is 1.32 bits per heavy atom. The minimum atomic E-state index is 0.357. The van der Waals surface area contributed by atoms with Gasteiger partial charge in [-0.3, -0.25) is 0 Å². The lowest BCUT2D eigenvalue weighted by atomic mass is 9.87. The largest absolute Gasteiger partial charge is 0.374 e. The first-order valence-electron chi connectivity index (χ1n) is 7.42. The molecule has 19 heavy (non-hydrogen) atoms. The zero-order chi connectivity index (χ0) is 13.1. The second-order valence-electron chi connectivity index (χ2n) is 5.80. The Morgan fingerprint density at radius 2 is 2.16 bits per heavy atom. The van der Waals surface area contributed by atoms with Crippen molar-refractivity contribution in [2.24, 2.45) is 0 Å². The van der Waals surface area contributed by atoms with E-state index < -0.39 is 0 Å². The van der Waals surface area contributed by atoms with Crippen LogP contribution in [0.5, 0.6) is 0 Å². The van der Waals surface area contributed by atoms with E-state index in [0.717, 1.165) is 26.2 Å². The van der Waals surface area contributed by atoms with Gasteiger partial charge in [0.1, 0.15) is 0 Å². The third kappa shape index (κ3) is 3.16. The molecule has 3 heteroatoms. The fourth-order valence-electron chi connectivity index (χ4n) is 3.26. The Hall–Kier alpha value is -0.900. The van der Waals surface area contributed by atoms with Gasteiger partial charge in [0.05, 0.1) is 12.7 Å². The van der Waals surface area contributed by atoms with Crippen LogP contribution in [0.1, 0.15) is 17.5 Å². The van der Waals surface area contributed by atoms with Gasteiger partial charge in [-0.2, -0.15) is 0 Å². The number of benzene rings is 1. The second-order valence-corrected chi connectivity index (χ2v) is 5.80. The first-order valence-corrected chi connectivity index (χ1v) is 7.42. The van der Waals surface area contributed by atoms with Crippen molar-refractivity contribution in [2.45, 2.75) is 31.4 Å². The first kappa shape index (κ1) is 13.1. The molecule has 104 valence electrons. The molecule has 0 saturated carbocycles. The van der Waals surface area contributed by atoms with Crippen LogP contribution in [-0.2, 0) is 17.6 Å². The molecule has 0 amide bonds. The van der Waals surface area contributed by atoms with Crippen molar-refractivity contribution >= 4 is 0 Å². The molecular formula is C16H24N2O. The molecule has 3 nitrogen and oxygen atoms in total. The maximum Gasteiger partial charge on any atom is 0.0826 e. The van der Waals surface area contributed by atoms with Crippen LogP contribution in [0.25, 0.3) is 0 Å². The standard InChI is InChI=1S/C16H24N2O/c1-18(12-16-11-17-8-9-19-16)15-7-6-13-4-2-3-5-14(13)10-15/h2-5,15-17H,6-12H2,1H3. The Bertz CT molecular complexity index is 415. The van der Waals surface area contributed by atoms with Crippen LogP contribution in [0.3, 0.4) is 0 Å². The Kier molecular flexibility index (Phi) is 4.16. The van der Waals surface area contributed by atoms with Gasteiger partial charge in [-0.15, -0.1) is 0 Å². The third-order valence-electron chi connectivity index (χ3n) is 4.44. The molecule has 0 spiro atoms. The van der Waals surface area contributed by atoms with Gasteiger partial charge in [-0.1, -0.05) is 24.3 Å². The molecule has 1 saturated heterocycles. The number of hydrogen-bond donors (Lipinski definition) is 1. The zero-order valence-corrected chi connectivity index (χ0v) is 11.8. The average Bonchev–Trinajstić information content (AvgIpc) is 2.48. The van der Waals surface area contributed by atoms with Gasteiger partial charge in [0, 0.05) is 25.7 Å². The maximum atomic E-state index is 5.80. The van der Waals surface area contributed by atoms with E-state index in [1.165, 1.54) is 24.8 Å². The number of hydrogen-bond acceptors (Lipinski definition) is 3. The summed E-state index contributed by atoms with van der Waals surface area (Å²) >= 11 is 0. The second kappa shape index (κ2) is 6.04. The highest BCUT2D eigenvalue weighted by atomic mass is 16.5. The van der Waals surface area contributed by atoms with Crippen molar-refractivity contribution in [1.29, 1.82) is 0 Å². The molecule has 0 aromatic heterocycles. The molecule has 1 N–H and O–H groups in total. The Balaban J connectivity index is 1.58. The fourth-order valence-corrected chi connectivity index (χ4v) is 3.26. The van der Waals surface area contributed by atoms with Crippen LogP contribution in [-0.4, -0.2) is 50.3 Å². The first-order chi connectivity index (χ1) is 9.33. The van der Waals surface area contributed by atoms with Crippen molar-refractivity contribution in [3.63, 3.8) is 0 Å². The molecule has 1 aromatic rings. The molecule has 2 atom stereocenters. The number of nitrogens with one attached hydrogen (secondary N) is 1. The molecule has 0 bridgehead atoms. The van der Waals surface area contributed by atoms with E-state index in [0.29, 0.717) is 12.1 Å². The lowest BCUT2D eigenvalue weighted by molar-refractivity contribution is 0.00175. The minimum Gasteiger partial charge on any atom is -0.374 e. The highest BCUT2D eigenvalue weighted by Gasteiger charge is 2.24. The lowest BCUT2D eigenvalue weighted by Gasteiger charge is -2.35. The highest BCUT2D eigenvalue weighted by molar-refractivity contribution is 5.30. The van der Waals surface area contributed by atoms with Crippen LogP contribution in [0.4, 0.5) is 0 Å². The smallest absolute Gasteiger partial charge is 0.0826 e. The molecule has 0 radical (unpaired) electrons. The van der Waals surface area contributed by atoms with E-state index in [4.69, 9.17) is 4.74 Å². The number of ether oxygens (including phenoxy) is 1. The Morgan fingerprint density at radius 3 is 2.95 bits per heavy atom. The maximum absolute atomic E-state index is 5.80. The molecule has 1 heterocycles. The molecule has 1 aliphatic heterocycles. The van der Waals surface area contributed by atoms with Gasteiger partial charge in [-0.25, -0.2) is 0 Å². The number of morpholine rings is 1. The van der Waals surface area contributed by atoms with Gasteiger partial charge in [0.25, 0.3) is 0 Å². The normalized spacial score (nSPS) is 27.3. The number of fused-ring (bicyclic) bond motifs is 1. The van der Waals surface area contributed by atoms with Crippen LogP contribution < -0.4 is 5.32 Å². The van der Waals surface area contributed by atoms with E-state index in [1.807, 2.05) is 0 Å². The molecule has 1 aliphatic carbocycles. The summed E-state index contributed by atoms with van der Waals surface area (Å²) in [6.45, 7) is 3.89. The van der Waals surface area contributed by atoms with Crippen LogP contribution in [0.2, 0.25) is 0 Å². The summed E-state index contributed by atoms with van der Waals surface area (Å²) in [5, 5.41) is 3.41. The van der Waals surface area contributed by atoms with E-state index in [2.05, 4.69) is 41.5 Å². The summed E-state index contributed by atoms with van der Waals surface area (Å²) < 4.78 is 5.80. The molecule has 3 rings (SSSR count). The number of aryl methyl sites for hydroxylation is 1. The lowest BCUT2D eigenvalue weighted by Crippen LogP contribution is -2.47. The zero-order valence-electron chi connectivity index (χ0n) is 11.8. The minimum absolute atomic E-state index is 0.357. The number of rotatable bonds is 3. The summed E-state index contributed by atoms with van der Waals surface area (Å²) in [4.78, 5) is 2.49. The van der Waals surface area contributed by atoms with Gasteiger partial charge in [0.15, 0.2) is 0 Å². The third-order valence-corrected chi connectivity index (χ3v) is 4.44. The highest BCUT2D eigenvalue weighted by Crippen LogP contribution is 2.24. The average molecular weight is 260 g/mol. The molecule has 2 unspecified atom stereocenters. The van der Waals surface area contributed by atoms with E-state index >= 15 is 0 Å². The van der Waals surface area contributed by atoms with Crippen molar-refractivity contribution < 1.29 is 4.74 Å². The van der Waals surface area contributed by atoms with Gasteiger partial charge in [-0.05, 0) is 37.4 Å². The number of nitrogens with zero attached hydrogens (tertiary/aromatic N) is 1. The molecule has 2 aliphatic rings.